The fraction of sp³-hybridized carbons (Fsp3) is 0.444. The molecule has 0 bridgehead atoms. The van der Waals surface area contributed by atoms with Gasteiger partial charge in [0.05, 0.1) is 12.5 Å². The van der Waals surface area contributed by atoms with Crippen molar-refractivity contribution < 1.29 is 14.3 Å². The minimum Gasteiger partial charge on any atom is -0.497 e. The SMILES string of the molecule is COc1cccc(NC(=O)[C@@H](Cc2ccccc2)NC(=O)[C@]2(C)CCC[C@]3(C)c4ccc(C(C)C)cc4CC[C@@H]23)c1. The zero-order valence-corrected chi connectivity index (χ0v) is 25.1. The van der Waals surface area contributed by atoms with Crippen LogP contribution in [0.3, 0.4) is 0 Å². The van der Waals surface area contributed by atoms with Crippen molar-refractivity contribution in [3.8, 4) is 5.75 Å². The van der Waals surface area contributed by atoms with E-state index in [9.17, 15) is 9.59 Å². The summed E-state index contributed by atoms with van der Waals surface area (Å²) in [5, 5.41) is 6.26. The minimum atomic E-state index is -0.703. The summed E-state index contributed by atoms with van der Waals surface area (Å²) in [4.78, 5) is 28.0. The third kappa shape index (κ3) is 5.77. The van der Waals surface area contributed by atoms with Crippen molar-refractivity contribution in [2.75, 3.05) is 12.4 Å². The Kier molecular flexibility index (Phi) is 8.26. The number of nitrogens with one attached hydrogen (secondary N) is 2. The molecule has 0 unspecified atom stereocenters. The van der Waals surface area contributed by atoms with Gasteiger partial charge in [0.2, 0.25) is 11.8 Å². The summed E-state index contributed by atoms with van der Waals surface area (Å²) >= 11 is 0. The molecule has 1 fully saturated rings. The number of carbonyl (C=O) groups is 2. The van der Waals surface area contributed by atoms with Gasteiger partial charge in [-0.25, -0.2) is 0 Å². The van der Waals surface area contributed by atoms with Crippen LogP contribution in [0.15, 0.2) is 72.8 Å². The Hall–Kier alpha value is -3.60. The number of rotatable bonds is 8. The van der Waals surface area contributed by atoms with Crippen LogP contribution < -0.4 is 15.4 Å². The number of aryl methyl sites for hydroxylation is 1. The third-order valence-electron chi connectivity index (χ3n) is 9.80. The Morgan fingerprint density at radius 1 is 0.976 bits per heavy atom. The highest BCUT2D eigenvalue weighted by Crippen LogP contribution is 2.57. The maximum Gasteiger partial charge on any atom is 0.247 e. The second kappa shape index (κ2) is 11.7. The normalized spacial score (nSPS) is 24.1. The molecule has 2 aliphatic carbocycles. The fourth-order valence-corrected chi connectivity index (χ4v) is 7.45. The monoisotopic (exact) mass is 552 g/mol. The number of hydrogen-bond acceptors (Lipinski definition) is 3. The fourth-order valence-electron chi connectivity index (χ4n) is 7.45. The van der Waals surface area contributed by atoms with Crippen LogP contribution in [0.5, 0.6) is 5.75 Å². The Balaban J connectivity index is 1.41. The molecule has 0 heterocycles. The van der Waals surface area contributed by atoms with Crippen molar-refractivity contribution >= 4 is 17.5 Å². The molecule has 0 aromatic heterocycles. The summed E-state index contributed by atoms with van der Waals surface area (Å²) in [5.41, 5.74) is 5.26. The van der Waals surface area contributed by atoms with Gasteiger partial charge < -0.3 is 15.4 Å². The standard InChI is InChI=1S/C36H44N2O3/c1-24(2)26-15-17-30-27(22-26)16-18-32-35(30,3)19-10-20-36(32,4)34(40)38-31(21-25-11-7-6-8-12-25)33(39)37-28-13-9-14-29(23-28)41-5/h6-9,11-15,17,22-24,31-32H,10,16,18-21H2,1-5H3,(H,37,39)(H,38,40)/t31-,32-,35-,36-/m1/s1. The molecule has 1 saturated carbocycles. The Labute approximate surface area is 245 Å². The van der Waals surface area contributed by atoms with Crippen molar-refractivity contribution in [1.29, 1.82) is 0 Å². The number of anilines is 1. The molecule has 5 heteroatoms. The lowest BCUT2D eigenvalue weighted by Crippen LogP contribution is -2.58. The van der Waals surface area contributed by atoms with E-state index in [1.807, 2.05) is 48.5 Å². The molecular formula is C36H44N2O3. The van der Waals surface area contributed by atoms with Crippen LogP contribution in [0.4, 0.5) is 5.69 Å². The molecule has 3 aromatic carbocycles. The lowest BCUT2D eigenvalue weighted by atomic mass is 9.49. The number of hydrogen-bond donors (Lipinski definition) is 2. The maximum atomic E-state index is 14.3. The Bertz CT molecular complexity index is 1400. The van der Waals surface area contributed by atoms with E-state index in [4.69, 9.17) is 4.74 Å². The van der Waals surface area contributed by atoms with E-state index >= 15 is 0 Å². The van der Waals surface area contributed by atoms with Gasteiger partial charge in [-0.05, 0) is 77.3 Å². The molecule has 2 aliphatic rings. The van der Waals surface area contributed by atoms with Gasteiger partial charge >= 0.3 is 0 Å². The number of fused-ring (bicyclic) bond motifs is 3. The van der Waals surface area contributed by atoms with Crippen LogP contribution in [-0.4, -0.2) is 25.0 Å². The summed E-state index contributed by atoms with van der Waals surface area (Å²) in [6.07, 6.45) is 5.28. The third-order valence-corrected chi connectivity index (χ3v) is 9.80. The van der Waals surface area contributed by atoms with Gasteiger partial charge in [-0.1, -0.05) is 88.7 Å². The number of methoxy groups -OCH3 is 1. The number of ether oxygens (including phenoxy) is 1. The molecular weight excluding hydrogens is 508 g/mol. The van der Waals surface area contributed by atoms with E-state index < -0.39 is 11.5 Å². The molecule has 0 radical (unpaired) electrons. The smallest absolute Gasteiger partial charge is 0.247 e. The van der Waals surface area contributed by atoms with E-state index in [2.05, 4.69) is 56.5 Å². The van der Waals surface area contributed by atoms with Crippen molar-refractivity contribution in [2.45, 2.75) is 83.6 Å². The number of amides is 2. The Morgan fingerprint density at radius 3 is 2.49 bits per heavy atom. The minimum absolute atomic E-state index is 0.0163. The first-order valence-corrected chi connectivity index (χ1v) is 15.1. The highest BCUT2D eigenvalue weighted by atomic mass is 16.5. The predicted molar refractivity (Wildman–Crippen MR) is 165 cm³/mol. The quantitative estimate of drug-likeness (QED) is 0.311. The summed E-state index contributed by atoms with van der Waals surface area (Å²) in [6, 6.07) is 23.5. The summed E-state index contributed by atoms with van der Waals surface area (Å²) < 4.78 is 5.33. The van der Waals surface area contributed by atoms with Crippen LogP contribution in [0.25, 0.3) is 0 Å². The molecule has 4 atom stereocenters. The van der Waals surface area contributed by atoms with Gasteiger partial charge in [-0.2, -0.15) is 0 Å². The largest absolute Gasteiger partial charge is 0.497 e. The van der Waals surface area contributed by atoms with Crippen molar-refractivity contribution in [3.63, 3.8) is 0 Å². The van der Waals surface area contributed by atoms with Gasteiger partial charge in [0.1, 0.15) is 11.8 Å². The average Bonchev–Trinajstić information content (AvgIpc) is 2.97. The molecule has 41 heavy (non-hydrogen) atoms. The second-order valence-electron chi connectivity index (χ2n) is 12.8. The van der Waals surface area contributed by atoms with Crippen LogP contribution >= 0.6 is 0 Å². The van der Waals surface area contributed by atoms with Crippen molar-refractivity contribution in [3.05, 3.63) is 95.1 Å². The second-order valence-corrected chi connectivity index (χ2v) is 12.8. The zero-order chi connectivity index (χ0) is 29.2. The topological polar surface area (TPSA) is 67.4 Å². The first-order chi connectivity index (χ1) is 19.6. The zero-order valence-electron chi connectivity index (χ0n) is 25.1. The van der Waals surface area contributed by atoms with Crippen molar-refractivity contribution in [2.24, 2.45) is 11.3 Å². The van der Waals surface area contributed by atoms with E-state index in [-0.39, 0.29) is 23.1 Å². The first kappa shape index (κ1) is 28.9. The highest BCUT2D eigenvalue weighted by molar-refractivity contribution is 5.98. The Morgan fingerprint density at radius 2 is 1.76 bits per heavy atom. The molecule has 5 nitrogen and oxygen atoms in total. The molecule has 0 aliphatic heterocycles. The molecule has 216 valence electrons. The van der Waals surface area contributed by atoms with Crippen LogP contribution in [0.1, 0.15) is 81.5 Å². The van der Waals surface area contributed by atoms with Crippen LogP contribution in [0.2, 0.25) is 0 Å². The highest BCUT2D eigenvalue weighted by Gasteiger charge is 2.55. The lowest BCUT2D eigenvalue weighted by Gasteiger charge is -2.54. The van der Waals surface area contributed by atoms with E-state index in [1.165, 1.54) is 16.7 Å². The van der Waals surface area contributed by atoms with E-state index in [0.717, 1.165) is 37.7 Å². The number of carbonyl (C=O) groups excluding carboxylic acids is 2. The summed E-state index contributed by atoms with van der Waals surface area (Å²) in [7, 11) is 1.60. The van der Waals surface area contributed by atoms with Gasteiger partial charge in [-0.15, -0.1) is 0 Å². The summed E-state index contributed by atoms with van der Waals surface area (Å²) in [6.45, 7) is 8.99. The summed E-state index contributed by atoms with van der Waals surface area (Å²) in [5.74, 6) is 1.13. The van der Waals surface area contributed by atoms with Gasteiger partial charge in [0.15, 0.2) is 0 Å². The average molecular weight is 553 g/mol. The lowest BCUT2D eigenvalue weighted by molar-refractivity contribution is -0.141. The predicted octanol–water partition coefficient (Wildman–Crippen LogP) is 7.20. The van der Waals surface area contributed by atoms with Gasteiger partial charge in [-0.3, -0.25) is 9.59 Å². The van der Waals surface area contributed by atoms with E-state index in [1.54, 1.807) is 13.2 Å². The first-order valence-electron chi connectivity index (χ1n) is 15.1. The molecule has 2 N–H and O–H groups in total. The molecule has 5 rings (SSSR count). The molecule has 3 aromatic rings. The van der Waals surface area contributed by atoms with Crippen molar-refractivity contribution in [1.82, 2.24) is 5.32 Å². The molecule has 2 amide bonds. The maximum absolute atomic E-state index is 14.3. The van der Waals surface area contributed by atoms with Gasteiger partial charge in [0.25, 0.3) is 0 Å². The van der Waals surface area contributed by atoms with Gasteiger partial charge in [0, 0.05) is 18.2 Å². The number of benzene rings is 3. The molecule has 0 spiro atoms. The van der Waals surface area contributed by atoms with Crippen LogP contribution in [-0.2, 0) is 27.8 Å². The van der Waals surface area contributed by atoms with Crippen LogP contribution in [0, 0.1) is 11.3 Å². The molecule has 0 saturated heterocycles. The van der Waals surface area contributed by atoms with E-state index in [0.29, 0.717) is 23.8 Å².